The van der Waals surface area contributed by atoms with Crippen molar-refractivity contribution in [1.29, 1.82) is 0 Å². The molecule has 1 aromatic carbocycles. The standard InChI is InChI=1S/C21H31N5O3/c1-24(2)10-4-11-25(12-9-22)13-15-5-3-6-16-17(15)14-26(21(16)29)18-7-8-19(27)23-20(18)28/h3,5-6,18H,4,7-14,22H2,1-2H3,(H,23,27,28). The zero-order chi connectivity index (χ0) is 21.0. The molecule has 2 heterocycles. The van der Waals surface area contributed by atoms with Crippen LogP contribution in [0.2, 0.25) is 0 Å². The number of rotatable bonds is 9. The molecule has 3 rings (SSSR count). The number of hydrogen-bond donors (Lipinski definition) is 2. The van der Waals surface area contributed by atoms with Crippen LogP contribution in [0.25, 0.3) is 0 Å². The minimum atomic E-state index is -0.583. The quantitative estimate of drug-likeness (QED) is 0.572. The number of nitrogens with two attached hydrogens (primary N) is 1. The van der Waals surface area contributed by atoms with E-state index in [1.54, 1.807) is 4.90 Å². The summed E-state index contributed by atoms with van der Waals surface area (Å²) in [5.74, 6) is -0.780. The molecule has 2 aliphatic rings. The molecule has 1 atom stereocenters. The largest absolute Gasteiger partial charge is 0.329 e. The van der Waals surface area contributed by atoms with Gasteiger partial charge in [-0.15, -0.1) is 0 Å². The van der Waals surface area contributed by atoms with E-state index < -0.39 is 6.04 Å². The Kier molecular flexibility index (Phi) is 7.00. The van der Waals surface area contributed by atoms with Crippen LogP contribution in [0.1, 0.15) is 40.7 Å². The van der Waals surface area contributed by atoms with Crippen molar-refractivity contribution in [2.75, 3.05) is 40.3 Å². The lowest BCUT2D eigenvalue weighted by Gasteiger charge is -2.29. The number of hydrogen-bond acceptors (Lipinski definition) is 6. The molecule has 0 spiro atoms. The van der Waals surface area contributed by atoms with Crippen molar-refractivity contribution in [2.45, 2.75) is 38.4 Å². The van der Waals surface area contributed by atoms with Gasteiger partial charge in [0.2, 0.25) is 11.8 Å². The smallest absolute Gasteiger partial charge is 0.255 e. The van der Waals surface area contributed by atoms with Gasteiger partial charge in [0.05, 0.1) is 0 Å². The van der Waals surface area contributed by atoms with Crippen molar-refractivity contribution >= 4 is 17.7 Å². The number of benzene rings is 1. The van der Waals surface area contributed by atoms with Gasteiger partial charge in [0, 0.05) is 38.2 Å². The second-order valence-corrected chi connectivity index (χ2v) is 8.06. The summed E-state index contributed by atoms with van der Waals surface area (Å²) in [5, 5.41) is 2.35. The Morgan fingerprint density at radius 1 is 1.17 bits per heavy atom. The summed E-state index contributed by atoms with van der Waals surface area (Å²) in [7, 11) is 4.12. The molecular formula is C21H31N5O3. The lowest BCUT2D eigenvalue weighted by atomic mass is 10.0. The van der Waals surface area contributed by atoms with Gasteiger partial charge in [0.15, 0.2) is 0 Å². The molecule has 0 saturated carbocycles. The van der Waals surface area contributed by atoms with Crippen LogP contribution in [0.5, 0.6) is 0 Å². The van der Waals surface area contributed by atoms with Crippen LogP contribution < -0.4 is 11.1 Å². The summed E-state index contributed by atoms with van der Waals surface area (Å²) in [6.45, 7) is 4.45. The third-order valence-electron chi connectivity index (χ3n) is 5.60. The zero-order valence-corrected chi connectivity index (χ0v) is 17.3. The molecule has 0 aliphatic carbocycles. The maximum atomic E-state index is 13.0. The van der Waals surface area contributed by atoms with Crippen molar-refractivity contribution in [3.05, 3.63) is 34.9 Å². The molecule has 158 valence electrons. The fourth-order valence-electron chi connectivity index (χ4n) is 4.10. The number of fused-ring (bicyclic) bond motifs is 1. The van der Waals surface area contributed by atoms with Crippen molar-refractivity contribution in [3.8, 4) is 0 Å². The lowest BCUT2D eigenvalue weighted by molar-refractivity contribution is -0.136. The summed E-state index contributed by atoms with van der Waals surface area (Å²) in [4.78, 5) is 42.7. The third kappa shape index (κ3) is 5.01. The first-order valence-corrected chi connectivity index (χ1v) is 10.2. The lowest BCUT2D eigenvalue weighted by Crippen LogP contribution is -2.52. The van der Waals surface area contributed by atoms with Crippen LogP contribution in [-0.4, -0.2) is 78.7 Å². The molecule has 2 aliphatic heterocycles. The Balaban J connectivity index is 1.74. The van der Waals surface area contributed by atoms with Crippen molar-refractivity contribution < 1.29 is 14.4 Å². The van der Waals surface area contributed by atoms with Gasteiger partial charge >= 0.3 is 0 Å². The number of nitrogens with zero attached hydrogens (tertiary/aromatic N) is 3. The highest BCUT2D eigenvalue weighted by Crippen LogP contribution is 2.30. The monoisotopic (exact) mass is 401 g/mol. The highest BCUT2D eigenvalue weighted by Gasteiger charge is 2.39. The van der Waals surface area contributed by atoms with E-state index in [2.05, 4.69) is 35.3 Å². The van der Waals surface area contributed by atoms with Gasteiger partial charge < -0.3 is 15.5 Å². The van der Waals surface area contributed by atoms with E-state index >= 15 is 0 Å². The third-order valence-corrected chi connectivity index (χ3v) is 5.60. The molecule has 1 saturated heterocycles. The van der Waals surface area contributed by atoms with E-state index in [9.17, 15) is 14.4 Å². The van der Waals surface area contributed by atoms with E-state index in [0.29, 0.717) is 25.1 Å². The topological polar surface area (TPSA) is 99.0 Å². The van der Waals surface area contributed by atoms with E-state index in [1.165, 1.54) is 0 Å². The first kappa shape index (κ1) is 21.4. The Morgan fingerprint density at radius 3 is 2.66 bits per heavy atom. The van der Waals surface area contributed by atoms with E-state index in [4.69, 9.17) is 5.73 Å². The molecule has 8 nitrogen and oxygen atoms in total. The van der Waals surface area contributed by atoms with Crippen LogP contribution >= 0.6 is 0 Å². The summed E-state index contributed by atoms with van der Waals surface area (Å²) in [6.07, 6.45) is 1.69. The van der Waals surface area contributed by atoms with Gasteiger partial charge in [0.1, 0.15) is 6.04 Å². The average Bonchev–Trinajstić information content (AvgIpc) is 2.99. The number of carbonyl (C=O) groups is 3. The minimum absolute atomic E-state index is 0.130. The Morgan fingerprint density at radius 2 is 1.97 bits per heavy atom. The van der Waals surface area contributed by atoms with Gasteiger partial charge in [-0.25, -0.2) is 0 Å². The molecule has 0 bridgehead atoms. The zero-order valence-electron chi connectivity index (χ0n) is 17.3. The highest BCUT2D eigenvalue weighted by atomic mass is 16.2. The number of carbonyl (C=O) groups excluding carboxylic acids is 3. The summed E-state index contributed by atoms with van der Waals surface area (Å²) >= 11 is 0. The SMILES string of the molecule is CN(C)CCCN(CCN)Cc1cccc2c1CN(C1CCC(=O)NC1=O)C2=O. The van der Waals surface area contributed by atoms with Gasteiger partial charge in [-0.2, -0.15) is 0 Å². The van der Waals surface area contributed by atoms with Gasteiger partial charge in [-0.05, 0) is 57.2 Å². The maximum Gasteiger partial charge on any atom is 0.255 e. The fourth-order valence-corrected chi connectivity index (χ4v) is 4.10. The molecular weight excluding hydrogens is 370 g/mol. The number of nitrogens with one attached hydrogen (secondary N) is 1. The Hall–Kier alpha value is -2.29. The highest BCUT2D eigenvalue weighted by molar-refractivity contribution is 6.05. The summed E-state index contributed by atoms with van der Waals surface area (Å²) < 4.78 is 0. The van der Waals surface area contributed by atoms with Crippen LogP contribution in [0.3, 0.4) is 0 Å². The Bertz CT molecular complexity index is 780. The van der Waals surface area contributed by atoms with Gasteiger partial charge in [-0.3, -0.25) is 24.6 Å². The first-order chi connectivity index (χ1) is 13.9. The predicted octanol–water partition coefficient (Wildman–Crippen LogP) is 0.160. The maximum absolute atomic E-state index is 13.0. The molecule has 1 fully saturated rings. The summed E-state index contributed by atoms with van der Waals surface area (Å²) in [5.41, 5.74) is 8.55. The first-order valence-electron chi connectivity index (χ1n) is 10.2. The number of imide groups is 1. The van der Waals surface area contributed by atoms with E-state index in [-0.39, 0.29) is 24.1 Å². The second kappa shape index (κ2) is 9.47. The van der Waals surface area contributed by atoms with E-state index in [0.717, 1.165) is 43.7 Å². The van der Waals surface area contributed by atoms with Crippen LogP contribution in [0, 0.1) is 0 Å². The molecule has 3 amide bonds. The van der Waals surface area contributed by atoms with Crippen LogP contribution in [0.15, 0.2) is 18.2 Å². The van der Waals surface area contributed by atoms with Crippen molar-refractivity contribution in [2.24, 2.45) is 5.73 Å². The predicted molar refractivity (Wildman–Crippen MR) is 110 cm³/mol. The van der Waals surface area contributed by atoms with Gasteiger partial charge in [-0.1, -0.05) is 12.1 Å². The molecule has 29 heavy (non-hydrogen) atoms. The second-order valence-electron chi connectivity index (χ2n) is 8.06. The molecule has 0 aromatic heterocycles. The van der Waals surface area contributed by atoms with E-state index in [1.807, 2.05) is 12.1 Å². The van der Waals surface area contributed by atoms with Crippen molar-refractivity contribution in [1.82, 2.24) is 20.0 Å². The molecule has 1 unspecified atom stereocenters. The average molecular weight is 402 g/mol. The number of amides is 3. The number of piperidine rings is 1. The minimum Gasteiger partial charge on any atom is -0.329 e. The van der Waals surface area contributed by atoms with Crippen LogP contribution in [-0.2, 0) is 22.7 Å². The van der Waals surface area contributed by atoms with Crippen molar-refractivity contribution in [3.63, 3.8) is 0 Å². The molecule has 1 aromatic rings. The molecule has 8 heteroatoms. The molecule has 0 radical (unpaired) electrons. The summed E-state index contributed by atoms with van der Waals surface area (Å²) in [6, 6.07) is 5.20. The fraction of sp³-hybridized carbons (Fsp3) is 0.571. The van der Waals surface area contributed by atoms with Crippen LogP contribution in [0.4, 0.5) is 0 Å². The molecule has 3 N–H and O–H groups in total. The normalized spacial score (nSPS) is 19.3. The Labute approximate surface area is 172 Å². The van der Waals surface area contributed by atoms with Gasteiger partial charge in [0.25, 0.3) is 5.91 Å².